The lowest BCUT2D eigenvalue weighted by atomic mass is 10.1. The first-order chi connectivity index (χ1) is 17.8. The molecule has 2 aromatic carbocycles. The van der Waals surface area contributed by atoms with Crippen LogP contribution in [0.15, 0.2) is 46.6 Å². The van der Waals surface area contributed by atoms with E-state index in [0.717, 1.165) is 11.8 Å². The van der Waals surface area contributed by atoms with Gasteiger partial charge in [-0.15, -0.1) is 5.10 Å². The molecule has 1 aliphatic heterocycles. The Morgan fingerprint density at radius 2 is 1.86 bits per heavy atom. The number of rotatable bonds is 10. The van der Waals surface area contributed by atoms with Gasteiger partial charge in [0.2, 0.25) is 11.8 Å². The van der Waals surface area contributed by atoms with Crippen LogP contribution in [-0.2, 0) is 14.3 Å². The summed E-state index contributed by atoms with van der Waals surface area (Å²) in [6, 6.07) is 9.20. The second kappa shape index (κ2) is 12.5. The predicted octanol–water partition coefficient (Wildman–Crippen LogP) is 2.53. The van der Waals surface area contributed by atoms with Crippen molar-refractivity contribution < 1.29 is 38.5 Å². The molecule has 3 rings (SSSR count). The number of nitrogens with zero attached hydrogens (tertiary/aromatic N) is 2. The lowest BCUT2D eigenvalue weighted by molar-refractivity contribution is -0.122. The number of thioether (sulfide) groups is 1. The fourth-order valence-electron chi connectivity index (χ4n) is 3.28. The Labute approximate surface area is 216 Å². The molecule has 0 bridgehead atoms. The SMILES string of the molecule is CCOC(=O)c1ccc(NC(=O)CC2S/C(=N\N=Cc3ccc(OC)c(OC)c3C(=O)O)NC2=O)cc1. The average molecular weight is 529 g/mol. The van der Waals surface area contributed by atoms with Crippen molar-refractivity contribution >= 4 is 52.6 Å². The molecule has 0 aliphatic carbocycles. The molecule has 1 atom stereocenters. The molecule has 1 aliphatic rings. The molecule has 0 spiro atoms. The van der Waals surface area contributed by atoms with Gasteiger partial charge in [-0.05, 0) is 43.3 Å². The summed E-state index contributed by atoms with van der Waals surface area (Å²) >= 11 is 1.02. The number of benzene rings is 2. The van der Waals surface area contributed by atoms with Crippen LogP contribution in [0.2, 0.25) is 0 Å². The summed E-state index contributed by atoms with van der Waals surface area (Å²) in [5.41, 5.74) is 0.882. The Hall–Kier alpha value is -4.39. The summed E-state index contributed by atoms with van der Waals surface area (Å²) in [6.45, 7) is 1.97. The van der Waals surface area contributed by atoms with E-state index in [2.05, 4.69) is 20.8 Å². The highest BCUT2D eigenvalue weighted by atomic mass is 32.2. The van der Waals surface area contributed by atoms with Gasteiger partial charge in [-0.25, -0.2) is 9.59 Å². The van der Waals surface area contributed by atoms with Gasteiger partial charge in [0.25, 0.3) is 0 Å². The van der Waals surface area contributed by atoms with E-state index in [-0.39, 0.29) is 40.8 Å². The van der Waals surface area contributed by atoms with Crippen LogP contribution in [0, 0.1) is 0 Å². The van der Waals surface area contributed by atoms with Gasteiger partial charge in [0.05, 0.1) is 32.6 Å². The van der Waals surface area contributed by atoms with Gasteiger partial charge in [0.15, 0.2) is 16.7 Å². The number of amidine groups is 1. The monoisotopic (exact) mass is 528 g/mol. The normalized spacial score (nSPS) is 15.9. The van der Waals surface area contributed by atoms with E-state index in [1.54, 1.807) is 19.1 Å². The minimum absolute atomic E-state index is 0.0387. The molecular formula is C24H24N4O8S. The first kappa shape index (κ1) is 27.2. The van der Waals surface area contributed by atoms with Gasteiger partial charge in [-0.2, -0.15) is 5.10 Å². The number of carbonyl (C=O) groups excluding carboxylic acids is 3. The standard InChI is InChI=1S/C24H24N4O8S/c1-4-36-23(33)13-5-8-15(9-6-13)26-18(29)11-17-21(30)27-24(37-17)28-25-12-14-7-10-16(34-2)20(35-3)19(14)22(31)32/h5-10,12,17H,4,11H2,1-3H3,(H,26,29)(H,31,32)(H,27,28,30). The Morgan fingerprint density at radius 3 is 2.49 bits per heavy atom. The largest absolute Gasteiger partial charge is 0.493 e. The van der Waals surface area contributed by atoms with Crippen molar-refractivity contribution in [3.63, 3.8) is 0 Å². The molecule has 3 N–H and O–H groups in total. The molecule has 1 heterocycles. The fraction of sp³-hybridized carbons (Fsp3) is 0.250. The number of esters is 1. The molecule has 12 nitrogen and oxygen atoms in total. The number of carbonyl (C=O) groups is 4. The number of nitrogens with one attached hydrogen (secondary N) is 2. The van der Waals surface area contributed by atoms with Crippen LogP contribution >= 0.6 is 11.8 Å². The van der Waals surface area contributed by atoms with E-state index >= 15 is 0 Å². The van der Waals surface area contributed by atoms with Crippen LogP contribution in [0.25, 0.3) is 0 Å². The number of carboxylic acids is 1. The number of aromatic carboxylic acids is 1. The van der Waals surface area contributed by atoms with Crippen molar-refractivity contribution in [1.82, 2.24) is 5.32 Å². The van der Waals surface area contributed by atoms with Crippen LogP contribution in [-0.4, -0.2) is 66.3 Å². The van der Waals surface area contributed by atoms with E-state index in [1.807, 2.05) is 0 Å². The first-order valence-electron chi connectivity index (χ1n) is 10.9. The number of carboxylic acid groups (broad SMARTS) is 1. The van der Waals surface area contributed by atoms with Gasteiger partial charge in [0.1, 0.15) is 10.8 Å². The third-order valence-electron chi connectivity index (χ3n) is 4.96. The van der Waals surface area contributed by atoms with Gasteiger partial charge in [0, 0.05) is 17.7 Å². The average Bonchev–Trinajstić information content (AvgIpc) is 3.22. The maximum absolute atomic E-state index is 12.4. The molecule has 37 heavy (non-hydrogen) atoms. The Bertz CT molecular complexity index is 1260. The molecule has 1 saturated heterocycles. The number of ether oxygens (including phenoxy) is 3. The molecular weight excluding hydrogens is 504 g/mol. The second-order valence-electron chi connectivity index (χ2n) is 7.37. The van der Waals surface area contributed by atoms with Crippen molar-refractivity contribution in [2.75, 3.05) is 26.1 Å². The van der Waals surface area contributed by atoms with E-state index in [0.29, 0.717) is 11.3 Å². The molecule has 0 aromatic heterocycles. The highest BCUT2D eigenvalue weighted by Gasteiger charge is 2.32. The fourth-order valence-corrected chi connectivity index (χ4v) is 4.21. The number of anilines is 1. The Balaban J connectivity index is 1.62. The number of amides is 2. The Morgan fingerprint density at radius 1 is 1.14 bits per heavy atom. The van der Waals surface area contributed by atoms with Crippen molar-refractivity contribution in [2.24, 2.45) is 10.2 Å². The third kappa shape index (κ3) is 6.85. The zero-order valence-corrected chi connectivity index (χ0v) is 21.0. The van der Waals surface area contributed by atoms with Crippen molar-refractivity contribution in [3.8, 4) is 11.5 Å². The van der Waals surface area contributed by atoms with E-state index in [4.69, 9.17) is 14.2 Å². The highest BCUT2D eigenvalue weighted by molar-refractivity contribution is 8.15. The van der Waals surface area contributed by atoms with Crippen LogP contribution < -0.4 is 20.1 Å². The summed E-state index contributed by atoms with van der Waals surface area (Å²) in [5.74, 6) is -2.23. The molecule has 194 valence electrons. The topological polar surface area (TPSA) is 165 Å². The van der Waals surface area contributed by atoms with E-state index in [9.17, 15) is 24.3 Å². The van der Waals surface area contributed by atoms with Crippen molar-refractivity contribution in [2.45, 2.75) is 18.6 Å². The second-order valence-corrected chi connectivity index (χ2v) is 8.56. The highest BCUT2D eigenvalue weighted by Crippen LogP contribution is 2.33. The molecule has 0 radical (unpaired) electrons. The molecule has 2 aromatic rings. The van der Waals surface area contributed by atoms with Crippen molar-refractivity contribution in [3.05, 3.63) is 53.1 Å². The zero-order chi connectivity index (χ0) is 26.9. The minimum atomic E-state index is -1.24. The summed E-state index contributed by atoms with van der Waals surface area (Å²) in [5, 5.41) is 22.0. The number of hydrogen-bond acceptors (Lipinski definition) is 10. The lowest BCUT2D eigenvalue weighted by Crippen LogP contribution is -2.28. The smallest absolute Gasteiger partial charge is 0.340 e. The molecule has 1 fully saturated rings. The van der Waals surface area contributed by atoms with E-state index < -0.39 is 29.0 Å². The summed E-state index contributed by atoms with van der Waals surface area (Å²) < 4.78 is 15.2. The maximum atomic E-state index is 12.4. The molecule has 0 saturated carbocycles. The third-order valence-corrected chi connectivity index (χ3v) is 6.04. The van der Waals surface area contributed by atoms with Gasteiger partial charge in [-0.3, -0.25) is 9.59 Å². The minimum Gasteiger partial charge on any atom is -0.493 e. The predicted molar refractivity (Wildman–Crippen MR) is 137 cm³/mol. The molecule has 1 unspecified atom stereocenters. The van der Waals surface area contributed by atoms with Gasteiger partial charge in [-0.1, -0.05) is 11.8 Å². The Kier molecular flexibility index (Phi) is 9.21. The van der Waals surface area contributed by atoms with Crippen LogP contribution in [0.5, 0.6) is 11.5 Å². The summed E-state index contributed by atoms with van der Waals surface area (Å²) in [6.07, 6.45) is 1.09. The zero-order valence-electron chi connectivity index (χ0n) is 20.1. The number of hydrogen-bond donors (Lipinski definition) is 3. The summed E-state index contributed by atoms with van der Waals surface area (Å²) in [4.78, 5) is 48.1. The number of methoxy groups -OCH3 is 2. The van der Waals surface area contributed by atoms with Crippen LogP contribution in [0.3, 0.4) is 0 Å². The maximum Gasteiger partial charge on any atom is 0.340 e. The molecule has 13 heteroatoms. The van der Waals surface area contributed by atoms with Gasteiger partial charge < -0.3 is 30.0 Å². The van der Waals surface area contributed by atoms with Gasteiger partial charge >= 0.3 is 11.9 Å². The molecule has 2 amide bonds. The lowest BCUT2D eigenvalue weighted by Gasteiger charge is -2.11. The van der Waals surface area contributed by atoms with Crippen LogP contribution in [0.4, 0.5) is 5.69 Å². The van der Waals surface area contributed by atoms with Crippen molar-refractivity contribution in [1.29, 1.82) is 0 Å². The quantitative estimate of drug-likeness (QED) is 0.239. The van der Waals surface area contributed by atoms with E-state index in [1.165, 1.54) is 44.7 Å². The first-order valence-corrected chi connectivity index (χ1v) is 11.8. The van der Waals surface area contributed by atoms with Crippen LogP contribution in [0.1, 0.15) is 39.6 Å². The summed E-state index contributed by atoms with van der Waals surface area (Å²) in [7, 11) is 2.71.